The second-order valence-corrected chi connectivity index (χ2v) is 13.2. The number of amides is 1. The summed E-state index contributed by atoms with van der Waals surface area (Å²) in [5.41, 5.74) is 0.274. The Bertz CT molecular complexity index is 1220. The lowest BCUT2D eigenvalue weighted by Gasteiger charge is -2.52. The van der Waals surface area contributed by atoms with Gasteiger partial charge in [0.15, 0.2) is 12.0 Å². The highest BCUT2D eigenvalue weighted by atomic mass is 35.5. The van der Waals surface area contributed by atoms with Crippen molar-refractivity contribution in [1.29, 1.82) is 0 Å². The molecule has 214 valence electrons. The van der Waals surface area contributed by atoms with E-state index in [2.05, 4.69) is 14.9 Å². The molecule has 0 aliphatic carbocycles. The Kier molecular flexibility index (Phi) is 6.86. The Labute approximate surface area is 234 Å². The summed E-state index contributed by atoms with van der Waals surface area (Å²) in [6.45, 7) is 12.8. The lowest BCUT2D eigenvalue weighted by atomic mass is 9.78. The van der Waals surface area contributed by atoms with Gasteiger partial charge in [-0.15, -0.1) is 0 Å². The topological polar surface area (TPSA) is 91.2 Å². The fourth-order valence-corrected chi connectivity index (χ4v) is 7.02. The van der Waals surface area contributed by atoms with Gasteiger partial charge in [0.05, 0.1) is 5.39 Å². The Hall–Kier alpha value is -1.98. The Morgan fingerprint density at radius 3 is 2.59 bits per heavy atom. The number of hydrogen-bond acceptors (Lipinski definition) is 8. The fraction of sp³-hybridized carbons (Fsp3) is 0.750. The van der Waals surface area contributed by atoms with Crippen LogP contribution in [0.3, 0.4) is 0 Å². The number of likely N-dealkylation sites (tertiary alicyclic amines) is 2. The first kappa shape index (κ1) is 27.2. The van der Waals surface area contributed by atoms with Crippen molar-refractivity contribution in [2.24, 2.45) is 0 Å². The zero-order valence-electron chi connectivity index (χ0n) is 23.6. The Morgan fingerprint density at radius 2 is 1.85 bits per heavy atom. The van der Waals surface area contributed by atoms with E-state index in [1.54, 1.807) is 0 Å². The van der Waals surface area contributed by atoms with E-state index in [1.807, 2.05) is 56.3 Å². The van der Waals surface area contributed by atoms with E-state index in [0.717, 1.165) is 49.8 Å². The molecule has 4 aliphatic rings. The number of fused-ring (bicyclic) bond motifs is 2. The van der Waals surface area contributed by atoms with Gasteiger partial charge in [-0.3, -0.25) is 4.90 Å². The molecular weight excluding hydrogens is 522 g/mol. The maximum Gasteiger partial charge on any atom is 0.410 e. The van der Waals surface area contributed by atoms with E-state index in [-0.39, 0.29) is 36.2 Å². The normalized spacial score (nSPS) is 30.7. The molecule has 2 aromatic rings. The van der Waals surface area contributed by atoms with Crippen LogP contribution in [0.5, 0.6) is 0 Å². The molecule has 0 N–H and O–H groups in total. The smallest absolute Gasteiger partial charge is 0.410 e. The van der Waals surface area contributed by atoms with Crippen LogP contribution in [0.4, 0.5) is 4.79 Å². The van der Waals surface area contributed by atoms with E-state index in [1.165, 1.54) is 12.7 Å². The molecule has 0 saturated carbocycles. The average molecular weight is 562 g/mol. The van der Waals surface area contributed by atoms with E-state index in [4.69, 9.17) is 30.5 Å². The van der Waals surface area contributed by atoms with E-state index >= 15 is 0 Å². The van der Waals surface area contributed by atoms with Crippen LogP contribution in [-0.2, 0) is 18.9 Å². The summed E-state index contributed by atoms with van der Waals surface area (Å²) in [6.07, 6.45) is 7.49. The van der Waals surface area contributed by atoms with Gasteiger partial charge in [-0.1, -0.05) is 18.0 Å². The second kappa shape index (κ2) is 9.83. The molecule has 1 spiro atoms. The van der Waals surface area contributed by atoms with Crippen LogP contribution >= 0.6 is 11.6 Å². The van der Waals surface area contributed by atoms with Crippen molar-refractivity contribution in [2.45, 2.75) is 108 Å². The molecule has 4 atom stereocenters. The van der Waals surface area contributed by atoms with Crippen LogP contribution in [0.25, 0.3) is 11.0 Å². The molecule has 6 rings (SSSR count). The first-order valence-corrected chi connectivity index (χ1v) is 14.5. The molecule has 0 radical (unpaired) electrons. The quantitative estimate of drug-likeness (QED) is 0.496. The van der Waals surface area contributed by atoms with Gasteiger partial charge in [-0.25, -0.2) is 14.8 Å². The Balaban J connectivity index is 1.21. The molecule has 11 heteroatoms. The van der Waals surface area contributed by atoms with Crippen LogP contribution in [0.2, 0.25) is 5.15 Å². The summed E-state index contributed by atoms with van der Waals surface area (Å²) < 4.78 is 27.2. The first-order valence-electron chi connectivity index (χ1n) is 14.2. The van der Waals surface area contributed by atoms with Crippen molar-refractivity contribution in [1.82, 2.24) is 24.3 Å². The largest absolute Gasteiger partial charge is 0.444 e. The molecule has 39 heavy (non-hydrogen) atoms. The molecule has 6 heterocycles. The predicted octanol–water partition coefficient (Wildman–Crippen LogP) is 4.76. The minimum Gasteiger partial charge on any atom is -0.444 e. The molecule has 2 aromatic heterocycles. The zero-order valence-corrected chi connectivity index (χ0v) is 24.3. The first-order chi connectivity index (χ1) is 18.4. The van der Waals surface area contributed by atoms with Gasteiger partial charge in [0.1, 0.15) is 41.0 Å². The van der Waals surface area contributed by atoms with E-state index in [9.17, 15) is 4.79 Å². The van der Waals surface area contributed by atoms with Gasteiger partial charge in [-0.2, -0.15) is 0 Å². The van der Waals surface area contributed by atoms with Crippen molar-refractivity contribution < 1.29 is 23.7 Å². The molecular formula is C28H40ClN5O5. The minimum absolute atomic E-state index is 0.0452. The van der Waals surface area contributed by atoms with Gasteiger partial charge in [0.2, 0.25) is 0 Å². The van der Waals surface area contributed by atoms with Crippen LogP contribution in [0, 0.1) is 0 Å². The third kappa shape index (κ3) is 5.14. The van der Waals surface area contributed by atoms with Crippen LogP contribution in [0.1, 0.15) is 73.0 Å². The summed E-state index contributed by atoms with van der Waals surface area (Å²) in [5, 5.41) is 1.20. The lowest BCUT2D eigenvalue weighted by molar-refractivity contribution is -0.200. The third-order valence-electron chi connectivity index (χ3n) is 8.60. The van der Waals surface area contributed by atoms with Gasteiger partial charge in [0, 0.05) is 31.4 Å². The molecule has 4 saturated heterocycles. The number of rotatable bonds is 3. The van der Waals surface area contributed by atoms with Gasteiger partial charge in [0.25, 0.3) is 0 Å². The van der Waals surface area contributed by atoms with Crippen LogP contribution < -0.4 is 0 Å². The third-order valence-corrected chi connectivity index (χ3v) is 8.90. The van der Waals surface area contributed by atoms with Crippen molar-refractivity contribution in [2.75, 3.05) is 26.2 Å². The molecule has 4 aliphatic heterocycles. The van der Waals surface area contributed by atoms with Crippen LogP contribution in [0.15, 0.2) is 18.6 Å². The van der Waals surface area contributed by atoms with Crippen LogP contribution in [-0.4, -0.2) is 91.8 Å². The highest BCUT2D eigenvalue weighted by molar-refractivity contribution is 6.33. The summed E-state index contributed by atoms with van der Waals surface area (Å²) >= 11 is 6.33. The minimum atomic E-state index is -0.705. The number of piperidine rings is 2. The van der Waals surface area contributed by atoms with Gasteiger partial charge < -0.3 is 28.4 Å². The van der Waals surface area contributed by atoms with E-state index < -0.39 is 11.4 Å². The number of carbonyl (C=O) groups excluding carboxylic acids is 1. The van der Waals surface area contributed by atoms with Gasteiger partial charge in [-0.05, 0) is 72.9 Å². The fourth-order valence-electron chi connectivity index (χ4n) is 6.83. The highest BCUT2D eigenvalue weighted by Gasteiger charge is 2.57. The van der Waals surface area contributed by atoms with E-state index in [0.29, 0.717) is 18.2 Å². The van der Waals surface area contributed by atoms with Crippen molar-refractivity contribution in [3.8, 4) is 0 Å². The standard InChI is InChI=1S/C28H40ClN5O5/c1-26(2,3)39-25(35)32-14-10-28(11-15-32)9-6-7-12-33(28)16-19-20-21(38-27(4,5)37-20)24(36-19)34-13-8-18-22(29)30-17-31-23(18)34/h8,13,17,19-21,24H,6-7,9-12,14-16H2,1-5H3/t19-,20-,21-,24-/m1/s1. The summed E-state index contributed by atoms with van der Waals surface area (Å²) in [4.78, 5) is 25.8. The summed E-state index contributed by atoms with van der Waals surface area (Å²) in [5.74, 6) is -0.705. The maximum absolute atomic E-state index is 12.7. The van der Waals surface area contributed by atoms with Gasteiger partial charge >= 0.3 is 6.09 Å². The predicted molar refractivity (Wildman–Crippen MR) is 145 cm³/mol. The maximum atomic E-state index is 12.7. The summed E-state index contributed by atoms with van der Waals surface area (Å²) in [6, 6.07) is 1.92. The second-order valence-electron chi connectivity index (χ2n) is 12.8. The average Bonchev–Trinajstić information content (AvgIpc) is 3.52. The van der Waals surface area contributed by atoms with Crippen molar-refractivity contribution in [3.63, 3.8) is 0 Å². The van der Waals surface area contributed by atoms with Crippen molar-refractivity contribution in [3.05, 3.63) is 23.7 Å². The molecule has 0 unspecified atom stereocenters. The summed E-state index contributed by atoms with van der Waals surface area (Å²) in [7, 11) is 0. The highest BCUT2D eigenvalue weighted by Crippen LogP contribution is 2.46. The monoisotopic (exact) mass is 561 g/mol. The molecule has 4 fully saturated rings. The molecule has 0 aromatic carbocycles. The molecule has 1 amide bonds. The molecule has 0 bridgehead atoms. The van der Waals surface area contributed by atoms with Crippen molar-refractivity contribution >= 4 is 28.7 Å². The number of hydrogen-bond donors (Lipinski definition) is 0. The number of halogens is 1. The Morgan fingerprint density at radius 1 is 1.10 bits per heavy atom. The number of nitrogens with zero attached hydrogens (tertiary/aromatic N) is 5. The number of carbonyl (C=O) groups is 1. The number of ether oxygens (including phenoxy) is 4. The zero-order chi connectivity index (χ0) is 27.6. The molecule has 10 nitrogen and oxygen atoms in total. The lowest BCUT2D eigenvalue weighted by Crippen LogP contribution is -2.60. The number of aromatic nitrogens is 3. The SMILES string of the molecule is CC(C)(C)OC(=O)N1CCC2(CCCCN2C[C@H]2O[C@@H](n3ccc4c(Cl)ncnc43)[C@@H]3OC(C)(C)O[C@@H]32)CC1.